The van der Waals surface area contributed by atoms with E-state index in [1.807, 2.05) is 19.1 Å². The van der Waals surface area contributed by atoms with E-state index >= 15 is 0 Å². The maximum Gasteiger partial charge on any atom is 0.313 e. The van der Waals surface area contributed by atoms with Crippen LogP contribution in [-0.2, 0) is 14.3 Å². The lowest BCUT2D eigenvalue weighted by Crippen LogP contribution is -2.37. The molecule has 2 N–H and O–H groups in total. The fourth-order valence-electron chi connectivity index (χ4n) is 1.28. The summed E-state index contributed by atoms with van der Waals surface area (Å²) in [6.07, 6.45) is 1.28. The Bertz CT molecular complexity index is 444. The first kappa shape index (κ1) is 13.8. The van der Waals surface area contributed by atoms with Crippen molar-refractivity contribution in [2.75, 3.05) is 18.5 Å². The Hall–Kier alpha value is -2.30. The minimum absolute atomic E-state index is 0.256. The van der Waals surface area contributed by atoms with Crippen molar-refractivity contribution in [2.45, 2.75) is 6.92 Å². The average Bonchev–Trinajstić information content (AvgIpc) is 2.37. The maximum atomic E-state index is 11.5. The number of aryl methyl sites for hydroxylation is 1. The van der Waals surface area contributed by atoms with Crippen molar-refractivity contribution in [3.05, 3.63) is 42.7 Å². The lowest BCUT2D eigenvalue weighted by Gasteiger charge is -2.08. The largest absolute Gasteiger partial charge is 0.500 e. The molecule has 5 heteroatoms. The number of benzene rings is 1. The molecule has 0 unspecified atom stereocenters. The molecule has 0 saturated heterocycles. The van der Waals surface area contributed by atoms with Gasteiger partial charge in [-0.25, -0.2) is 0 Å². The summed E-state index contributed by atoms with van der Waals surface area (Å²) in [5, 5.41) is 4.97. The van der Waals surface area contributed by atoms with Crippen molar-refractivity contribution in [1.82, 2.24) is 5.32 Å². The summed E-state index contributed by atoms with van der Waals surface area (Å²) in [6, 6.07) is 7.24. The van der Waals surface area contributed by atoms with Crippen molar-refractivity contribution >= 4 is 17.5 Å². The van der Waals surface area contributed by atoms with E-state index in [0.29, 0.717) is 5.69 Å². The van der Waals surface area contributed by atoms with Gasteiger partial charge in [0.05, 0.1) is 12.8 Å². The third-order valence-electron chi connectivity index (χ3n) is 2.22. The Labute approximate surface area is 106 Å². The smallest absolute Gasteiger partial charge is 0.313 e. The van der Waals surface area contributed by atoms with Crippen LogP contribution in [0.15, 0.2) is 37.1 Å². The summed E-state index contributed by atoms with van der Waals surface area (Å²) < 4.78 is 4.82. The number of nitrogens with one attached hydrogen (secondary N) is 2. The second kappa shape index (κ2) is 7.11. The minimum atomic E-state index is -0.692. The summed E-state index contributed by atoms with van der Waals surface area (Å²) in [7, 11) is 0. The zero-order valence-electron chi connectivity index (χ0n) is 10.2. The van der Waals surface area contributed by atoms with Gasteiger partial charge in [0.25, 0.3) is 0 Å². The molecule has 96 valence electrons. The van der Waals surface area contributed by atoms with Crippen LogP contribution in [-0.4, -0.2) is 25.0 Å². The molecule has 1 rings (SSSR count). The van der Waals surface area contributed by atoms with Gasteiger partial charge in [-0.05, 0) is 18.6 Å². The molecular weight excluding hydrogens is 232 g/mol. The highest BCUT2D eigenvalue weighted by atomic mass is 16.5. The lowest BCUT2D eigenvalue weighted by atomic mass is 10.2. The number of rotatable bonds is 5. The van der Waals surface area contributed by atoms with Gasteiger partial charge in [-0.15, -0.1) is 0 Å². The molecule has 0 heterocycles. The minimum Gasteiger partial charge on any atom is -0.500 e. The molecule has 0 radical (unpaired) electrons. The highest BCUT2D eigenvalue weighted by molar-refractivity contribution is 6.39. The molecule has 0 aliphatic carbocycles. The molecule has 5 nitrogen and oxygen atoms in total. The zero-order chi connectivity index (χ0) is 13.4. The average molecular weight is 248 g/mol. The Morgan fingerprint density at radius 3 is 2.72 bits per heavy atom. The van der Waals surface area contributed by atoms with Gasteiger partial charge in [-0.2, -0.15) is 0 Å². The van der Waals surface area contributed by atoms with Crippen LogP contribution in [0.5, 0.6) is 0 Å². The van der Waals surface area contributed by atoms with Crippen LogP contribution in [0.1, 0.15) is 5.56 Å². The van der Waals surface area contributed by atoms with E-state index in [0.717, 1.165) is 5.56 Å². The van der Waals surface area contributed by atoms with E-state index in [1.54, 1.807) is 12.1 Å². The van der Waals surface area contributed by atoms with E-state index in [2.05, 4.69) is 17.2 Å². The number of ether oxygens (including phenoxy) is 1. The first-order valence-corrected chi connectivity index (χ1v) is 5.52. The van der Waals surface area contributed by atoms with Crippen molar-refractivity contribution in [1.29, 1.82) is 0 Å². The Balaban J connectivity index is 2.43. The zero-order valence-corrected chi connectivity index (χ0v) is 10.2. The van der Waals surface area contributed by atoms with Gasteiger partial charge in [0.15, 0.2) is 0 Å². The molecule has 0 saturated carbocycles. The van der Waals surface area contributed by atoms with Crippen LogP contribution < -0.4 is 10.6 Å². The molecule has 18 heavy (non-hydrogen) atoms. The van der Waals surface area contributed by atoms with E-state index < -0.39 is 11.8 Å². The number of carbonyl (C=O) groups is 2. The molecule has 0 fully saturated rings. The molecule has 0 aliphatic rings. The first-order chi connectivity index (χ1) is 8.65. The molecule has 1 aromatic rings. The Morgan fingerprint density at radius 1 is 1.33 bits per heavy atom. The van der Waals surface area contributed by atoms with Crippen LogP contribution in [0.2, 0.25) is 0 Å². The summed E-state index contributed by atoms with van der Waals surface area (Å²) in [5.41, 5.74) is 1.52. The number of para-hydroxylation sites is 1. The molecular formula is C13H16N2O3. The molecule has 0 aliphatic heterocycles. The SMILES string of the molecule is C=COCCNC(=O)C(=O)Nc1ccccc1C. The molecule has 2 amide bonds. The summed E-state index contributed by atoms with van der Waals surface area (Å²) >= 11 is 0. The summed E-state index contributed by atoms with van der Waals surface area (Å²) in [6.45, 7) is 5.76. The summed E-state index contributed by atoms with van der Waals surface area (Å²) in [4.78, 5) is 23.0. The van der Waals surface area contributed by atoms with E-state index in [1.165, 1.54) is 6.26 Å². The monoisotopic (exact) mass is 248 g/mol. The van der Waals surface area contributed by atoms with Gasteiger partial charge in [0, 0.05) is 5.69 Å². The number of anilines is 1. The number of amides is 2. The standard InChI is InChI=1S/C13H16N2O3/c1-3-18-9-8-14-12(16)13(17)15-11-7-5-4-6-10(11)2/h3-7H,1,8-9H2,2H3,(H,14,16)(H,15,17). The van der Waals surface area contributed by atoms with Crippen molar-refractivity contribution in [2.24, 2.45) is 0 Å². The van der Waals surface area contributed by atoms with Gasteiger partial charge in [-0.1, -0.05) is 24.8 Å². The fourth-order valence-corrected chi connectivity index (χ4v) is 1.28. The molecule has 0 aromatic heterocycles. The quantitative estimate of drug-likeness (QED) is 0.467. The first-order valence-electron chi connectivity index (χ1n) is 5.52. The molecule has 0 bridgehead atoms. The normalized spacial score (nSPS) is 9.39. The van der Waals surface area contributed by atoms with Gasteiger partial charge in [0.1, 0.15) is 6.61 Å². The van der Waals surface area contributed by atoms with Crippen LogP contribution in [0.3, 0.4) is 0 Å². The van der Waals surface area contributed by atoms with Crippen molar-refractivity contribution < 1.29 is 14.3 Å². The van der Waals surface area contributed by atoms with Gasteiger partial charge in [-0.3, -0.25) is 9.59 Å². The number of hydrogen-bond donors (Lipinski definition) is 2. The van der Waals surface area contributed by atoms with Crippen molar-refractivity contribution in [3.8, 4) is 0 Å². The molecule has 0 atom stereocenters. The van der Waals surface area contributed by atoms with Gasteiger partial charge in [0.2, 0.25) is 0 Å². The predicted molar refractivity (Wildman–Crippen MR) is 69.0 cm³/mol. The fraction of sp³-hybridized carbons (Fsp3) is 0.231. The number of hydrogen-bond acceptors (Lipinski definition) is 3. The van der Waals surface area contributed by atoms with Crippen LogP contribution >= 0.6 is 0 Å². The molecule has 1 aromatic carbocycles. The van der Waals surface area contributed by atoms with E-state index in [-0.39, 0.29) is 13.2 Å². The van der Waals surface area contributed by atoms with Gasteiger partial charge >= 0.3 is 11.8 Å². The van der Waals surface area contributed by atoms with Gasteiger partial charge < -0.3 is 15.4 Å². The Morgan fingerprint density at radius 2 is 2.06 bits per heavy atom. The second-order valence-electron chi connectivity index (χ2n) is 3.56. The highest BCUT2D eigenvalue weighted by Gasteiger charge is 2.13. The van der Waals surface area contributed by atoms with Crippen LogP contribution in [0.4, 0.5) is 5.69 Å². The van der Waals surface area contributed by atoms with E-state index in [9.17, 15) is 9.59 Å². The van der Waals surface area contributed by atoms with Crippen molar-refractivity contribution in [3.63, 3.8) is 0 Å². The molecule has 0 spiro atoms. The summed E-state index contributed by atoms with van der Waals surface area (Å²) in [5.74, 6) is -1.38. The third-order valence-corrected chi connectivity index (χ3v) is 2.22. The van der Waals surface area contributed by atoms with Crippen LogP contribution in [0.25, 0.3) is 0 Å². The third kappa shape index (κ3) is 4.29. The second-order valence-corrected chi connectivity index (χ2v) is 3.56. The highest BCUT2D eigenvalue weighted by Crippen LogP contribution is 2.12. The van der Waals surface area contributed by atoms with E-state index in [4.69, 9.17) is 4.74 Å². The lowest BCUT2D eigenvalue weighted by molar-refractivity contribution is -0.136. The topological polar surface area (TPSA) is 67.4 Å². The predicted octanol–water partition coefficient (Wildman–Crippen LogP) is 1.21. The number of carbonyl (C=O) groups excluding carboxylic acids is 2. The maximum absolute atomic E-state index is 11.5. The van der Waals surface area contributed by atoms with Crippen LogP contribution in [0, 0.1) is 6.92 Å². The Kier molecular flexibility index (Phi) is 5.44.